The molecule has 3 aliphatic heterocycles. The summed E-state index contributed by atoms with van der Waals surface area (Å²) in [6.45, 7) is 11.8. The Bertz CT molecular complexity index is 756. The molecular formula is C22H32N4O2. The maximum Gasteiger partial charge on any atom is 0.254 e. The SMILES string of the molecule is CC(C)(C)N1Cc2cccc(C(=O)N3CCN(C(=O)C4CCCN4)CC3)c2C1. The second-order valence-corrected chi connectivity index (χ2v) is 9.24. The van der Waals surface area contributed by atoms with Crippen molar-refractivity contribution in [1.82, 2.24) is 20.0 Å². The van der Waals surface area contributed by atoms with Crippen LogP contribution >= 0.6 is 0 Å². The van der Waals surface area contributed by atoms with Crippen LogP contribution in [0.1, 0.15) is 55.1 Å². The van der Waals surface area contributed by atoms with Gasteiger partial charge in [0.1, 0.15) is 0 Å². The van der Waals surface area contributed by atoms with Gasteiger partial charge in [0.05, 0.1) is 6.04 Å². The summed E-state index contributed by atoms with van der Waals surface area (Å²) in [4.78, 5) is 32.1. The standard InChI is InChI=1S/C22H32N4O2/c1-22(2,3)26-14-16-6-4-7-17(18(16)15-26)20(27)24-10-12-25(13-11-24)21(28)19-8-5-9-23-19/h4,6-7,19,23H,5,8-15H2,1-3H3. The summed E-state index contributed by atoms with van der Waals surface area (Å²) in [7, 11) is 0. The van der Waals surface area contributed by atoms with E-state index in [4.69, 9.17) is 0 Å². The first-order valence-corrected chi connectivity index (χ1v) is 10.5. The molecule has 0 bridgehead atoms. The predicted octanol–water partition coefficient (Wildman–Crippen LogP) is 1.84. The van der Waals surface area contributed by atoms with Gasteiger partial charge < -0.3 is 15.1 Å². The molecule has 3 aliphatic rings. The molecule has 1 atom stereocenters. The number of fused-ring (bicyclic) bond motifs is 1. The summed E-state index contributed by atoms with van der Waals surface area (Å²) in [5.41, 5.74) is 3.36. The molecule has 2 fully saturated rings. The summed E-state index contributed by atoms with van der Waals surface area (Å²) in [5.74, 6) is 0.310. The van der Waals surface area contributed by atoms with Gasteiger partial charge in [-0.25, -0.2) is 0 Å². The minimum absolute atomic E-state index is 0.0250. The van der Waals surface area contributed by atoms with E-state index in [0.717, 1.165) is 38.0 Å². The Morgan fingerprint density at radius 1 is 1.04 bits per heavy atom. The summed E-state index contributed by atoms with van der Waals surface area (Å²) in [6, 6.07) is 6.09. The Balaban J connectivity index is 1.42. The molecule has 4 rings (SSSR count). The Kier molecular flexibility index (Phi) is 5.19. The molecule has 1 unspecified atom stereocenters. The highest BCUT2D eigenvalue weighted by atomic mass is 16.2. The molecule has 2 saturated heterocycles. The highest BCUT2D eigenvalue weighted by molar-refractivity contribution is 5.96. The molecule has 0 aromatic heterocycles. The van der Waals surface area contributed by atoms with Crippen LogP contribution in [0.15, 0.2) is 18.2 Å². The zero-order valence-electron chi connectivity index (χ0n) is 17.3. The van der Waals surface area contributed by atoms with E-state index < -0.39 is 0 Å². The summed E-state index contributed by atoms with van der Waals surface area (Å²) in [6.07, 6.45) is 2.00. The molecule has 6 heteroatoms. The molecule has 0 saturated carbocycles. The van der Waals surface area contributed by atoms with Crippen LogP contribution in [0, 0.1) is 0 Å². The molecular weight excluding hydrogens is 352 g/mol. The van der Waals surface area contributed by atoms with Gasteiger partial charge in [-0.3, -0.25) is 14.5 Å². The van der Waals surface area contributed by atoms with Crippen molar-refractivity contribution in [3.05, 3.63) is 34.9 Å². The molecule has 152 valence electrons. The van der Waals surface area contributed by atoms with Crippen LogP contribution in [0.2, 0.25) is 0 Å². The van der Waals surface area contributed by atoms with Gasteiger partial charge >= 0.3 is 0 Å². The largest absolute Gasteiger partial charge is 0.338 e. The average Bonchev–Trinajstić information content (AvgIpc) is 3.36. The Morgan fingerprint density at radius 2 is 1.75 bits per heavy atom. The lowest BCUT2D eigenvalue weighted by atomic mass is 10.0. The van der Waals surface area contributed by atoms with Crippen LogP contribution in [0.4, 0.5) is 0 Å². The van der Waals surface area contributed by atoms with Crippen molar-refractivity contribution in [3.8, 4) is 0 Å². The first-order chi connectivity index (χ1) is 13.3. The van der Waals surface area contributed by atoms with Crippen LogP contribution in [-0.2, 0) is 17.9 Å². The zero-order chi connectivity index (χ0) is 19.9. The molecule has 6 nitrogen and oxygen atoms in total. The summed E-state index contributed by atoms with van der Waals surface area (Å²) in [5, 5.41) is 3.28. The fourth-order valence-electron chi connectivity index (χ4n) is 4.51. The van der Waals surface area contributed by atoms with Gasteiger partial charge in [0, 0.05) is 50.4 Å². The summed E-state index contributed by atoms with van der Waals surface area (Å²) >= 11 is 0. The normalized spacial score (nSPS) is 23.2. The van der Waals surface area contributed by atoms with Crippen LogP contribution in [0.3, 0.4) is 0 Å². The van der Waals surface area contributed by atoms with Crippen molar-refractivity contribution in [1.29, 1.82) is 0 Å². The molecule has 28 heavy (non-hydrogen) atoms. The predicted molar refractivity (Wildman–Crippen MR) is 109 cm³/mol. The lowest BCUT2D eigenvalue weighted by molar-refractivity contribution is -0.134. The number of nitrogens with zero attached hydrogens (tertiary/aromatic N) is 3. The van der Waals surface area contributed by atoms with Crippen molar-refractivity contribution in [2.75, 3.05) is 32.7 Å². The average molecular weight is 385 g/mol. The fraction of sp³-hybridized carbons (Fsp3) is 0.636. The number of nitrogens with one attached hydrogen (secondary N) is 1. The van der Waals surface area contributed by atoms with E-state index in [2.05, 4.69) is 37.1 Å². The van der Waals surface area contributed by atoms with Gasteiger partial charge in [-0.05, 0) is 57.4 Å². The van der Waals surface area contributed by atoms with Gasteiger partial charge in [0.25, 0.3) is 5.91 Å². The first-order valence-electron chi connectivity index (χ1n) is 10.5. The number of hydrogen-bond donors (Lipinski definition) is 1. The third kappa shape index (κ3) is 3.67. The van der Waals surface area contributed by atoms with E-state index in [1.807, 2.05) is 21.9 Å². The van der Waals surface area contributed by atoms with Crippen molar-refractivity contribution in [2.24, 2.45) is 0 Å². The van der Waals surface area contributed by atoms with E-state index in [0.29, 0.717) is 26.2 Å². The van der Waals surface area contributed by atoms with Gasteiger partial charge in [0.15, 0.2) is 0 Å². The minimum atomic E-state index is -0.0250. The van der Waals surface area contributed by atoms with Crippen molar-refractivity contribution < 1.29 is 9.59 Å². The first kappa shape index (κ1) is 19.4. The Labute approximate surface area is 167 Å². The summed E-state index contributed by atoms with van der Waals surface area (Å²) < 4.78 is 0. The van der Waals surface area contributed by atoms with E-state index in [-0.39, 0.29) is 23.4 Å². The number of benzene rings is 1. The topological polar surface area (TPSA) is 55.9 Å². The van der Waals surface area contributed by atoms with Crippen molar-refractivity contribution >= 4 is 11.8 Å². The number of carbonyl (C=O) groups excluding carboxylic acids is 2. The Morgan fingerprint density at radius 3 is 2.39 bits per heavy atom. The highest BCUT2D eigenvalue weighted by Gasteiger charge is 2.34. The molecule has 3 heterocycles. The molecule has 0 radical (unpaired) electrons. The molecule has 1 aromatic rings. The monoisotopic (exact) mass is 384 g/mol. The zero-order valence-corrected chi connectivity index (χ0v) is 17.3. The molecule has 2 amide bonds. The second kappa shape index (κ2) is 7.48. The van der Waals surface area contributed by atoms with E-state index >= 15 is 0 Å². The van der Waals surface area contributed by atoms with Crippen LogP contribution < -0.4 is 5.32 Å². The number of carbonyl (C=O) groups is 2. The fourth-order valence-corrected chi connectivity index (χ4v) is 4.51. The quantitative estimate of drug-likeness (QED) is 0.845. The van der Waals surface area contributed by atoms with E-state index in [9.17, 15) is 9.59 Å². The molecule has 0 aliphatic carbocycles. The van der Waals surface area contributed by atoms with Gasteiger partial charge in [-0.2, -0.15) is 0 Å². The van der Waals surface area contributed by atoms with Gasteiger partial charge in [0.2, 0.25) is 5.91 Å². The minimum Gasteiger partial charge on any atom is -0.338 e. The second-order valence-electron chi connectivity index (χ2n) is 9.24. The maximum absolute atomic E-state index is 13.2. The third-order valence-corrected chi connectivity index (χ3v) is 6.40. The number of hydrogen-bond acceptors (Lipinski definition) is 4. The van der Waals surface area contributed by atoms with Gasteiger partial charge in [-0.1, -0.05) is 12.1 Å². The molecule has 0 spiro atoms. The van der Waals surface area contributed by atoms with Gasteiger partial charge in [-0.15, -0.1) is 0 Å². The smallest absolute Gasteiger partial charge is 0.254 e. The van der Waals surface area contributed by atoms with E-state index in [1.165, 1.54) is 11.1 Å². The van der Waals surface area contributed by atoms with Crippen LogP contribution in [0.5, 0.6) is 0 Å². The molecule has 1 N–H and O–H groups in total. The lowest BCUT2D eigenvalue weighted by Gasteiger charge is -2.36. The van der Waals surface area contributed by atoms with Crippen LogP contribution in [-0.4, -0.2) is 70.8 Å². The Hall–Kier alpha value is -1.92. The lowest BCUT2D eigenvalue weighted by Crippen LogP contribution is -2.54. The maximum atomic E-state index is 13.2. The highest BCUT2D eigenvalue weighted by Crippen LogP contribution is 2.31. The van der Waals surface area contributed by atoms with E-state index in [1.54, 1.807) is 0 Å². The molecule has 1 aromatic carbocycles. The van der Waals surface area contributed by atoms with Crippen molar-refractivity contribution in [3.63, 3.8) is 0 Å². The number of rotatable bonds is 2. The third-order valence-electron chi connectivity index (χ3n) is 6.40. The van der Waals surface area contributed by atoms with Crippen LogP contribution in [0.25, 0.3) is 0 Å². The number of amides is 2. The number of piperazine rings is 1. The van der Waals surface area contributed by atoms with Crippen molar-refractivity contribution in [2.45, 2.75) is 58.3 Å².